The van der Waals surface area contributed by atoms with Gasteiger partial charge in [-0.3, -0.25) is 14.5 Å². The fourth-order valence-corrected chi connectivity index (χ4v) is 7.51. The largest absolute Gasteiger partial charge is 0.335 e. The summed E-state index contributed by atoms with van der Waals surface area (Å²) in [6.45, 7) is 4.65. The highest BCUT2D eigenvalue weighted by Crippen LogP contribution is 2.37. The van der Waals surface area contributed by atoms with Crippen LogP contribution in [-0.2, 0) is 4.79 Å². The molecule has 1 fully saturated rings. The van der Waals surface area contributed by atoms with Gasteiger partial charge >= 0.3 is 0 Å². The zero-order valence-electron chi connectivity index (χ0n) is 21.0. The third-order valence-electron chi connectivity index (χ3n) is 6.77. The van der Waals surface area contributed by atoms with E-state index in [4.69, 9.17) is 28.2 Å². The van der Waals surface area contributed by atoms with E-state index in [1.807, 2.05) is 42.5 Å². The number of nitrogens with zero attached hydrogens (tertiary/aromatic N) is 3. The molecule has 3 heterocycles. The standard InChI is InChI=1S/C29H24Cl2N4O2S2/c1-17-2-9-22-24(14-17)39-28(33-22)18-3-6-20(7-4-18)32-25(36)16-34-10-12-35(13-11-34)29(37)27-26(31)21-8-5-19(30)15-23(21)38-27/h2-9,14-15H,10-13,16H2,1H3,(H,32,36). The summed E-state index contributed by atoms with van der Waals surface area (Å²) in [4.78, 5) is 35.0. The number of aromatic nitrogens is 1. The first-order valence-corrected chi connectivity index (χ1v) is 14.9. The Labute approximate surface area is 243 Å². The topological polar surface area (TPSA) is 65.5 Å². The van der Waals surface area contributed by atoms with E-state index in [1.54, 1.807) is 22.3 Å². The van der Waals surface area contributed by atoms with Crippen molar-refractivity contribution in [2.75, 3.05) is 38.0 Å². The van der Waals surface area contributed by atoms with E-state index in [2.05, 4.69) is 29.3 Å². The molecule has 0 aliphatic carbocycles. The van der Waals surface area contributed by atoms with Gasteiger partial charge in [0.2, 0.25) is 5.91 Å². The van der Waals surface area contributed by atoms with Crippen LogP contribution in [0.3, 0.4) is 0 Å². The zero-order chi connectivity index (χ0) is 27.1. The Morgan fingerprint density at radius 2 is 1.69 bits per heavy atom. The van der Waals surface area contributed by atoms with Gasteiger partial charge in [0.25, 0.3) is 5.91 Å². The van der Waals surface area contributed by atoms with Crippen LogP contribution in [0.4, 0.5) is 5.69 Å². The molecule has 3 aromatic carbocycles. The number of carbonyl (C=O) groups excluding carboxylic acids is 2. The lowest BCUT2D eigenvalue weighted by molar-refractivity contribution is -0.117. The second-order valence-electron chi connectivity index (χ2n) is 9.57. The summed E-state index contributed by atoms with van der Waals surface area (Å²) in [7, 11) is 0. The molecule has 10 heteroatoms. The molecule has 0 bridgehead atoms. The van der Waals surface area contributed by atoms with Crippen molar-refractivity contribution < 1.29 is 9.59 Å². The smallest absolute Gasteiger partial charge is 0.265 e. The molecule has 2 aromatic heterocycles. The van der Waals surface area contributed by atoms with Crippen LogP contribution < -0.4 is 5.32 Å². The first kappa shape index (κ1) is 26.2. The molecule has 6 nitrogen and oxygen atoms in total. The molecular weight excluding hydrogens is 571 g/mol. The maximum absolute atomic E-state index is 13.2. The Morgan fingerprint density at radius 1 is 0.923 bits per heavy atom. The van der Waals surface area contributed by atoms with E-state index in [1.165, 1.54) is 21.6 Å². The Kier molecular flexibility index (Phi) is 7.31. The number of hydrogen-bond donors (Lipinski definition) is 1. The summed E-state index contributed by atoms with van der Waals surface area (Å²) in [5, 5.41) is 5.88. The summed E-state index contributed by atoms with van der Waals surface area (Å²) < 4.78 is 2.07. The van der Waals surface area contributed by atoms with Gasteiger partial charge in [0.15, 0.2) is 0 Å². The Morgan fingerprint density at radius 3 is 2.46 bits per heavy atom. The molecule has 6 rings (SSSR count). The third kappa shape index (κ3) is 5.53. The quantitative estimate of drug-likeness (QED) is 0.234. The molecular formula is C29H24Cl2N4O2S2. The van der Waals surface area contributed by atoms with Crippen LogP contribution in [0.25, 0.3) is 30.9 Å². The number of thiophene rings is 1. The molecule has 1 aliphatic heterocycles. The van der Waals surface area contributed by atoms with E-state index < -0.39 is 0 Å². The summed E-state index contributed by atoms with van der Waals surface area (Å²) in [5.41, 5.74) is 3.98. The van der Waals surface area contributed by atoms with Crippen molar-refractivity contribution in [2.45, 2.75) is 6.92 Å². The average molecular weight is 596 g/mol. The minimum absolute atomic E-state index is 0.0789. The lowest BCUT2D eigenvalue weighted by Gasteiger charge is -2.34. The highest BCUT2D eigenvalue weighted by atomic mass is 35.5. The highest BCUT2D eigenvalue weighted by Gasteiger charge is 2.27. The average Bonchev–Trinajstić information content (AvgIpc) is 3.49. The lowest BCUT2D eigenvalue weighted by atomic mass is 10.2. The van der Waals surface area contributed by atoms with Gasteiger partial charge in [-0.05, 0) is 61.0 Å². The zero-order valence-corrected chi connectivity index (χ0v) is 24.2. The number of aryl methyl sites for hydroxylation is 1. The Hall–Kier alpha value is -3.01. The van der Waals surface area contributed by atoms with Gasteiger partial charge in [0, 0.05) is 52.5 Å². The van der Waals surface area contributed by atoms with Gasteiger partial charge < -0.3 is 10.2 Å². The van der Waals surface area contributed by atoms with Crippen LogP contribution in [0.15, 0.2) is 60.7 Å². The minimum atomic E-state index is -0.0811. The number of carbonyl (C=O) groups is 2. The van der Waals surface area contributed by atoms with Crippen LogP contribution in [-0.4, -0.2) is 59.3 Å². The molecule has 5 aromatic rings. The number of halogens is 2. The van der Waals surface area contributed by atoms with Crippen molar-refractivity contribution in [2.24, 2.45) is 0 Å². The number of amides is 2. The van der Waals surface area contributed by atoms with Gasteiger partial charge in [0.05, 0.1) is 21.8 Å². The molecule has 1 N–H and O–H groups in total. The van der Waals surface area contributed by atoms with Crippen molar-refractivity contribution >= 4 is 83.7 Å². The second kappa shape index (κ2) is 10.9. The van der Waals surface area contributed by atoms with Gasteiger partial charge in [-0.2, -0.15) is 0 Å². The van der Waals surface area contributed by atoms with Gasteiger partial charge in [-0.1, -0.05) is 35.3 Å². The third-order valence-corrected chi connectivity index (χ3v) is 9.72. The minimum Gasteiger partial charge on any atom is -0.335 e. The molecule has 1 aliphatic rings. The SMILES string of the molecule is Cc1ccc2nc(-c3ccc(NC(=O)CN4CCN(C(=O)c5sc6cc(Cl)ccc6c5Cl)CC4)cc3)sc2c1. The first-order valence-electron chi connectivity index (χ1n) is 12.5. The van der Waals surface area contributed by atoms with Crippen molar-refractivity contribution in [1.82, 2.24) is 14.8 Å². The van der Waals surface area contributed by atoms with E-state index in [0.717, 1.165) is 31.9 Å². The fraction of sp³-hybridized carbons (Fsp3) is 0.207. The fourth-order valence-electron chi connectivity index (χ4n) is 4.68. The van der Waals surface area contributed by atoms with E-state index in [9.17, 15) is 9.59 Å². The Balaban J connectivity index is 1.03. The number of thiazole rings is 1. The summed E-state index contributed by atoms with van der Waals surface area (Å²) in [6, 6.07) is 19.5. The molecule has 0 unspecified atom stereocenters. The number of anilines is 1. The van der Waals surface area contributed by atoms with E-state index in [-0.39, 0.29) is 18.4 Å². The number of fused-ring (bicyclic) bond motifs is 2. The van der Waals surface area contributed by atoms with Crippen molar-refractivity contribution in [3.63, 3.8) is 0 Å². The van der Waals surface area contributed by atoms with Crippen molar-refractivity contribution in [3.05, 3.63) is 81.1 Å². The second-order valence-corrected chi connectivity index (χ2v) is 12.5. The van der Waals surface area contributed by atoms with Gasteiger partial charge in [0.1, 0.15) is 9.88 Å². The van der Waals surface area contributed by atoms with Crippen molar-refractivity contribution in [1.29, 1.82) is 0 Å². The molecule has 1 saturated heterocycles. The lowest BCUT2D eigenvalue weighted by Crippen LogP contribution is -2.50. The predicted molar refractivity (Wildman–Crippen MR) is 163 cm³/mol. The van der Waals surface area contributed by atoms with E-state index >= 15 is 0 Å². The number of rotatable bonds is 5. The molecule has 0 atom stereocenters. The first-order chi connectivity index (χ1) is 18.8. The molecule has 198 valence electrons. The predicted octanol–water partition coefficient (Wildman–Crippen LogP) is 7.19. The maximum atomic E-state index is 13.2. The number of piperazine rings is 1. The Bertz CT molecular complexity index is 1710. The summed E-state index contributed by atoms with van der Waals surface area (Å²) >= 11 is 15.6. The van der Waals surface area contributed by atoms with Crippen LogP contribution >= 0.6 is 45.9 Å². The van der Waals surface area contributed by atoms with E-state index in [0.29, 0.717) is 41.1 Å². The van der Waals surface area contributed by atoms with Crippen LogP contribution in [0.5, 0.6) is 0 Å². The van der Waals surface area contributed by atoms with Crippen LogP contribution in [0.2, 0.25) is 10.0 Å². The highest BCUT2D eigenvalue weighted by molar-refractivity contribution is 7.22. The van der Waals surface area contributed by atoms with Gasteiger partial charge in [-0.25, -0.2) is 4.98 Å². The van der Waals surface area contributed by atoms with Gasteiger partial charge in [-0.15, -0.1) is 22.7 Å². The summed E-state index contributed by atoms with van der Waals surface area (Å²) in [5.74, 6) is -0.160. The monoisotopic (exact) mass is 594 g/mol. The number of hydrogen-bond acceptors (Lipinski definition) is 6. The molecule has 2 amide bonds. The van der Waals surface area contributed by atoms with Crippen molar-refractivity contribution in [3.8, 4) is 10.6 Å². The normalized spacial score (nSPS) is 14.3. The summed E-state index contributed by atoms with van der Waals surface area (Å²) in [6.07, 6.45) is 0. The van der Waals surface area contributed by atoms with Crippen LogP contribution in [0.1, 0.15) is 15.2 Å². The number of nitrogens with one attached hydrogen (secondary N) is 1. The number of benzene rings is 3. The molecule has 0 spiro atoms. The van der Waals surface area contributed by atoms with Crippen LogP contribution in [0, 0.1) is 6.92 Å². The molecule has 39 heavy (non-hydrogen) atoms. The maximum Gasteiger partial charge on any atom is 0.265 e. The molecule has 0 saturated carbocycles. The molecule has 0 radical (unpaired) electrons.